The summed E-state index contributed by atoms with van der Waals surface area (Å²) >= 11 is 0. The zero-order valence-electron chi connectivity index (χ0n) is 20.0. The second-order valence-electron chi connectivity index (χ2n) is 8.36. The number of carboxylic acid groups (broad SMARTS) is 1. The number of imidazole rings is 1. The molecule has 0 spiro atoms. The molecule has 8 nitrogen and oxygen atoms in total. The number of amides is 1. The van der Waals surface area contributed by atoms with E-state index in [2.05, 4.69) is 10.3 Å². The van der Waals surface area contributed by atoms with Crippen LogP contribution >= 0.6 is 0 Å². The van der Waals surface area contributed by atoms with E-state index in [1.165, 1.54) is 10.5 Å². The molecule has 1 aromatic carbocycles. The number of ether oxygens (including phenoxy) is 1. The average molecular weight is 513 g/mol. The smallest absolute Gasteiger partial charge is 0.290 e. The zero-order chi connectivity index (χ0) is 27.0. The topological polar surface area (TPSA) is 119 Å². The number of nitrogens with zero attached hydrogens (tertiary/aromatic N) is 2. The number of fused-ring (bicyclic) bond motifs is 1. The van der Waals surface area contributed by atoms with Crippen molar-refractivity contribution in [3.8, 4) is 5.75 Å². The number of pyridine rings is 1. The lowest BCUT2D eigenvalue weighted by Gasteiger charge is -2.24. The second-order valence-corrected chi connectivity index (χ2v) is 8.36. The number of rotatable bonds is 9. The Hall–Kier alpha value is -3.67. The van der Waals surface area contributed by atoms with Crippen molar-refractivity contribution in [3.05, 3.63) is 64.6 Å². The predicted molar refractivity (Wildman–Crippen MR) is 124 cm³/mol. The standard InChI is InChI=1S/C23H26F4N4O2.CH2O2/c1-4-8-23(3,28)12-29-22(32)19-13(2)30-21-18(9-14(20(26)27)10-31(19)21)33-11-15-16(24)6-5-7-17(15)25;2-1-3/h5-7,9-10,20H,4,8,11-12,28H2,1-3H3,(H,29,32);1H,(H,2,3). The maximum absolute atomic E-state index is 14.0. The van der Waals surface area contributed by atoms with Crippen molar-refractivity contribution in [1.82, 2.24) is 14.7 Å². The van der Waals surface area contributed by atoms with E-state index in [4.69, 9.17) is 20.4 Å². The zero-order valence-corrected chi connectivity index (χ0v) is 20.0. The minimum atomic E-state index is -2.88. The van der Waals surface area contributed by atoms with E-state index in [1.54, 1.807) is 13.8 Å². The van der Waals surface area contributed by atoms with E-state index < -0.39 is 41.7 Å². The SMILES string of the molecule is CCCC(C)(N)CNC(=O)c1c(C)nc2c(OCc3c(F)cccc3F)cc(C(F)F)cn12.O=CO. The average Bonchev–Trinajstić information content (AvgIpc) is 3.13. The highest BCUT2D eigenvalue weighted by molar-refractivity contribution is 5.95. The molecule has 0 aliphatic carbocycles. The van der Waals surface area contributed by atoms with Crippen LogP contribution in [0.25, 0.3) is 5.65 Å². The van der Waals surface area contributed by atoms with Gasteiger partial charge in [0.25, 0.3) is 18.8 Å². The molecule has 3 rings (SSSR count). The third-order valence-corrected chi connectivity index (χ3v) is 5.26. The van der Waals surface area contributed by atoms with Crippen molar-refractivity contribution in [1.29, 1.82) is 0 Å². The Morgan fingerprint density at radius 3 is 2.50 bits per heavy atom. The molecule has 4 N–H and O–H groups in total. The van der Waals surface area contributed by atoms with Crippen molar-refractivity contribution >= 4 is 18.0 Å². The fraction of sp³-hybridized carbons (Fsp3) is 0.375. The molecule has 1 atom stereocenters. The molecule has 0 saturated heterocycles. The maximum Gasteiger partial charge on any atom is 0.290 e. The van der Waals surface area contributed by atoms with Crippen LogP contribution in [-0.2, 0) is 11.4 Å². The molecule has 196 valence electrons. The first-order chi connectivity index (χ1) is 16.9. The number of hydrogen-bond donors (Lipinski definition) is 3. The molecule has 1 unspecified atom stereocenters. The number of hydrogen-bond acceptors (Lipinski definition) is 5. The Bertz CT molecular complexity index is 1190. The second kappa shape index (κ2) is 12.3. The summed E-state index contributed by atoms with van der Waals surface area (Å²) in [7, 11) is 0. The minimum Gasteiger partial charge on any atom is -0.485 e. The van der Waals surface area contributed by atoms with E-state index in [1.807, 2.05) is 6.92 Å². The van der Waals surface area contributed by atoms with Gasteiger partial charge in [-0.15, -0.1) is 0 Å². The van der Waals surface area contributed by atoms with Crippen LogP contribution in [0.4, 0.5) is 17.6 Å². The van der Waals surface area contributed by atoms with Crippen LogP contribution in [0.3, 0.4) is 0 Å². The monoisotopic (exact) mass is 512 g/mol. The van der Waals surface area contributed by atoms with Crippen molar-refractivity contribution in [2.24, 2.45) is 5.73 Å². The summed E-state index contributed by atoms with van der Waals surface area (Å²) in [4.78, 5) is 25.5. The maximum atomic E-state index is 14.0. The number of nitrogens with one attached hydrogen (secondary N) is 1. The van der Waals surface area contributed by atoms with Gasteiger partial charge in [0, 0.05) is 23.8 Å². The Balaban J connectivity index is 0.00000145. The first kappa shape index (κ1) is 28.6. The van der Waals surface area contributed by atoms with E-state index >= 15 is 0 Å². The van der Waals surface area contributed by atoms with Crippen LogP contribution in [0, 0.1) is 18.6 Å². The molecule has 2 heterocycles. The number of alkyl halides is 2. The first-order valence-corrected chi connectivity index (χ1v) is 11.0. The molecule has 0 aliphatic heterocycles. The lowest BCUT2D eigenvalue weighted by molar-refractivity contribution is -0.122. The minimum absolute atomic E-state index is 0.0433. The normalized spacial score (nSPS) is 12.6. The third-order valence-electron chi connectivity index (χ3n) is 5.26. The van der Waals surface area contributed by atoms with Crippen molar-refractivity contribution in [2.75, 3.05) is 6.54 Å². The highest BCUT2D eigenvalue weighted by Gasteiger charge is 2.24. The Morgan fingerprint density at radius 2 is 1.94 bits per heavy atom. The van der Waals surface area contributed by atoms with Gasteiger partial charge in [-0.25, -0.2) is 22.5 Å². The molecule has 36 heavy (non-hydrogen) atoms. The number of nitrogens with two attached hydrogens (primary N) is 1. The molecule has 0 saturated carbocycles. The van der Waals surface area contributed by atoms with E-state index in [0.717, 1.165) is 30.8 Å². The summed E-state index contributed by atoms with van der Waals surface area (Å²) in [6.45, 7) is 4.72. The lowest BCUT2D eigenvalue weighted by atomic mass is 9.98. The molecular weight excluding hydrogens is 484 g/mol. The van der Waals surface area contributed by atoms with Crippen molar-refractivity contribution in [3.63, 3.8) is 0 Å². The van der Waals surface area contributed by atoms with Gasteiger partial charge in [0.05, 0.1) is 11.3 Å². The van der Waals surface area contributed by atoms with Crippen molar-refractivity contribution in [2.45, 2.75) is 52.2 Å². The van der Waals surface area contributed by atoms with Crippen LogP contribution in [-0.4, -0.2) is 39.0 Å². The largest absolute Gasteiger partial charge is 0.485 e. The third kappa shape index (κ3) is 6.94. The number of halogens is 4. The fourth-order valence-corrected chi connectivity index (χ4v) is 3.59. The molecule has 0 bridgehead atoms. The molecule has 3 aromatic rings. The Labute approximate surface area is 205 Å². The summed E-state index contributed by atoms with van der Waals surface area (Å²) in [6, 6.07) is 4.39. The number of aromatic nitrogens is 2. The van der Waals surface area contributed by atoms with Gasteiger partial charge in [-0.1, -0.05) is 19.4 Å². The van der Waals surface area contributed by atoms with Gasteiger partial charge in [0.15, 0.2) is 11.4 Å². The predicted octanol–water partition coefficient (Wildman–Crippen LogP) is 4.39. The summed E-state index contributed by atoms with van der Waals surface area (Å²) in [5, 5.41) is 9.62. The van der Waals surface area contributed by atoms with Gasteiger partial charge in [0.2, 0.25) is 0 Å². The van der Waals surface area contributed by atoms with Gasteiger partial charge in [-0.2, -0.15) is 0 Å². The summed E-state index contributed by atoms with van der Waals surface area (Å²) in [6.07, 6.45) is -0.269. The Morgan fingerprint density at radius 1 is 1.33 bits per heavy atom. The van der Waals surface area contributed by atoms with Crippen LogP contribution < -0.4 is 15.8 Å². The Kier molecular flexibility index (Phi) is 9.79. The van der Waals surface area contributed by atoms with E-state index in [-0.39, 0.29) is 41.4 Å². The lowest BCUT2D eigenvalue weighted by Crippen LogP contribution is -2.47. The summed E-state index contributed by atoms with van der Waals surface area (Å²) < 4.78 is 61.8. The van der Waals surface area contributed by atoms with Crippen molar-refractivity contribution < 1.29 is 37.0 Å². The molecule has 2 aromatic heterocycles. The number of carbonyl (C=O) groups is 2. The van der Waals surface area contributed by atoms with Gasteiger partial charge in [0.1, 0.15) is 23.9 Å². The van der Waals surface area contributed by atoms with E-state index in [0.29, 0.717) is 6.42 Å². The van der Waals surface area contributed by atoms with Gasteiger partial charge >= 0.3 is 0 Å². The summed E-state index contributed by atoms with van der Waals surface area (Å²) in [5.74, 6) is -2.32. The quantitative estimate of drug-likeness (QED) is 0.289. The molecular formula is C24H28F4N4O4. The van der Waals surface area contributed by atoms with Gasteiger partial charge in [-0.3, -0.25) is 14.0 Å². The van der Waals surface area contributed by atoms with Crippen LogP contribution in [0.2, 0.25) is 0 Å². The number of aryl methyl sites for hydroxylation is 1. The highest BCUT2D eigenvalue weighted by Crippen LogP contribution is 2.30. The molecule has 0 fully saturated rings. The molecule has 12 heteroatoms. The van der Waals surface area contributed by atoms with Gasteiger partial charge < -0.3 is 20.9 Å². The van der Waals surface area contributed by atoms with Crippen LogP contribution in [0.5, 0.6) is 5.75 Å². The first-order valence-electron chi connectivity index (χ1n) is 11.0. The molecule has 0 aliphatic rings. The van der Waals surface area contributed by atoms with Gasteiger partial charge in [-0.05, 0) is 38.5 Å². The summed E-state index contributed by atoms with van der Waals surface area (Å²) in [5.41, 5.74) is 5.14. The van der Waals surface area contributed by atoms with E-state index in [9.17, 15) is 22.4 Å². The van der Waals surface area contributed by atoms with Crippen LogP contribution in [0.15, 0.2) is 30.5 Å². The number of carbonyl (C=O) groups excluding carboxylic acids is 1. The number of benzene rings is 1. The highest BCUT2D eigenvalue weighted by atomic mass is 19.3. The van der Waals surface area contributed by atoms with Crippen LogP contribution in [0.1, 0.15) is 60.4 Å². The fourth-order valence-electron chi connectivity index (χ4n) is 3.59. The molecule has 0 radical (unpaired) electrons. The molecule has 1 amide bonds.